The first-order chi connectivity index (χ1) is 13.1. The molecule has 1 aromatic carbocycles. The highest BCUT2D eigenvalue weighted by molar-refractivity contribution is 5.79. The van der Waals surface area contributed by atoms with Crippen molar-refractivity contribution in [1.82, 2.24) is 9.80 Å². The highest BCUT2D eigenvalue weighted by Crippen LogP contribution is 2.23. The number of hydrogen-bond acceptors (Lipinski definition) is 5. The molecule has 0 unspecified atom stereocenters. The van der Waals surface area contributed by atoms with E-state index in [4.69, 9.17) is 9.15 Å². The largest absolute Gasteiger partial charge is 0.508 e. The van der Waals surface area contributed by atoms with Gasteiger partial charge in [0.25, 0.3) is 0 Å². The van der Waals surface area contributed by atoms with E-state index in [9.17, 15) is 9.90 Å². The van der Waals surface area contributed by atoms with Crippen LogP contribution in [0.2, 0.25) is 0 Å². The third-order valence-corrected chi connectivity index (χ3v) is 5.36. The molecule has 6 heteroatoms. The number of fused-ring (bicyclic) bond motifs is 3. The number of furan rings is 1. The molecule has 4 rings (SSSR count). The highest BCUT2D eigenvalue weighted by atomic mass is 16.5. The number of ether oxygens (including phenoxy) is 1. The number of carbonyl (C=O) groups is 1. The van der Waals surface area contributed by atoms with Crippen LogP contribution in [0.3, 0.4) is 0 Å². The van der Waals surface area contributed by atoms with Gasteiger partial charge in [-0.05, 0) is 36.8 Å². The van der Waals surface area contributed by atoms with E-state index in [-0.39, 0.29) is 17.7 Å². The molecular formula is C21H26N2O4. The normalized spacial score (nSPS) is 23.2. The van der Waals surface area contributed by atoms with Crippen LogP contribution in [0.5, 0.6) is 5.75 Å². The Morgan fingerprint density at radius 1 is 1.19 bits per heavy atom. The van der Waals surface area contributed by atoms with Crippen molar-refractivity contribution in [3.05, 3.63) is 53.5 Å². The first-order valence-electron chi connectivity index (χ1n) is 9.49. The minimum absolute atomic E-state index is 0.105. The van der Waals surface area contributed by atoms with Crippen LogP contribution in [0.4, 0.5) is 0 Å². The number of nitrogens with zero attached hydrogens (tertiary/aromatic N) is 2. The van der Waals surface area contributed by atoms with Crippen molar-refractivity contribution in [3.63, 3.8) is 0 Å². The van der Waals surface area contributed by atoms with Gasteiger partial charge in [0, 0.05) is 25.6 Å². The number of amides is 1. The minimum Gasteiger partial charge on any atom is -0.508 e. The topological polar surface area (TPSA) is 66.2 Å². The molecule has 2 aromatic rings. The standard InChI is InChI=1S/C21H26N2O4/c1-15-5-6-20(27-15)12-22-9-17-10-23(11-18(22)14-26-13-17)21(25)8-16-3-2-4-19(24)7-16/h2-7,17-18,24H,8-14H2,1H3/t17-,18+/m1/s1. The van der Waals surface area contributed by atoms with Crippen LogP contribution in [0.1, 0.15) is 17.1 Å². The van der Waals surface area contributed by atoms with E-state index in [1.54, 1.807) is 18.2 Å². The molecular weight excluding hydrogens is 344 g/mol. The molecule has 2 bridgehead atoms. The molecule has 2 atom stereocenters. The van der Waals surface area contributed by atoms with Gasteiger partial charge in [0.15, 0.2) is 0 Å². The number of carbonyl (C=O) groups excluding carboxylic acids is 1. The van der Waals surface area contributed by atoms with Gasteiger partial charge in [0.05, 0.1) is 32.2 Å². The molecule has 2 fully saturated rings. The molecule has 2 saturated heterocycles. The predicted octanol–water partition coefficient (Wildman–Crippen LogP) is 2.20. The van der Waals surface area contributed by atoms with Crippen molar-refractivity contribution in [1.29, 1.82) is 0 Å². The molecule has 1 amide bonds. The lowest BCUT2D eigenvalue weighted by Gasteiger charge is -2.31. The number of phenols is 1. The van der Waals surface area contributed by atoms with Gasteiger partial charge in [-0.3, -0.25) is 9.69 Å². The average molecular weight is 370 g/mol. The van der Waals surface area contributed by atoms with Crippen LogP contribution in [0.15, 0.2) is 40.8 Å². The Bertz CT molecular complexity index is 803. The maximum Gasteiger partial charge on any atom is 0.227 e. The van der Waals surface area contributed by atoms with Crippen molar-refractivity contribution in [2.75, 3.05) is 32.8 Å². The molecule has 0 saturated carbocycles. The lowest BCUT2D eigenvalue weighted by Crippen LogP contribution is -2.46. The molecule has 0 spiro atoms. The van der Waals surface area contributed by atoms with Gasteiger partial charge in [-0.15, -0.1) is 0 Å². The molecule has 27 heavy (non-hydrogen) atoms. The number of aryl methyl sites for hydroxylation is 1. The fourth-order valence-electron chi connectivity index (χ4n) is 4.05. The summed E-state index contributed by atoms with van der Waals surface area (Å²) in [5.41, 5.74) is 0.841. The number of rotatable bonds is 4. The molecule has 1 N–H and O–H groups in total. The molecule has 144 valence electrons. The van der Waals surface area contributed by atoms with Gasteiger partial charge in [-0.1, -0.05) is 12.1 Å². The van der Waals surface area contributed by atoms with E-state index in [2.05, 4.69) is 4.90 Å². The van der Waals surface area contributed by atoms with E-state index < -0.39 is 0 Å². The molecule has 3 heterocycles. The van der Waals surface area contributed by atoms with Crippen molar-refractivity contribution in [2.45, 2.75) is 25.9 Å². The van der Waals surface area contributed by atoms with Crippen LogP contribution in [-0.2, 0) is 22.5 Å². The molecule has 2 aliphatic heterocycles. The second-order valence-corrected chi connectivity index (χ2v) is 7.64. The zero-order valence-corrected chi connectivity index (χ0v) is 15.6. The summed E-state index contributed by atoms with van der Waals surface area (Å²) >= 11 is 0. The fraction of sp³-hybridized carbons (Fsp3) is 0.476. The average Bonchev–Trinajstić information content (AvgIpc) is 2.82. The highest BCUT2D eigenvalue weighted by Gasteiger charge is 2.35. The number of phenolic OH excluding ortho intramolecular Hbond substituents is 1. The number of aromatic hydroxyl groups is 1. The Kier molecular flexibility index (Phi) is 5.18. The second-order valence-electron chi connectivity index (χ2n) is 7.64. The summed E-state index contributed by atoms with van der Waals surface area (Å²) in [5.74, 6) is 2.47. The fourth-order valence-corrected chi connectivity index (χ4v) is 4.05. The molecule has 2 aliphatic rings. The summed E-state index contributed by atoms with van der Waals surface area (Å²) in [6, 6.07) is 11.1. The van der Waals surface area contributed by atoms with Gasteiger partial charge >= 0.3 is 0 Å². The Balaban J connectivity index is 1.46. The van der Waals surface area contributed by atoms with Gasteiger partial charge in [-0.25, -0.2) is 0 Å². The third kappa shape index (κ3) is 4.34. The number of hydrogen-bond donors (Lipinski definition) is 1. The molecule has 6 nitrogen and oxygen atoms in total. The van der Waals surface area contributed by atoms with Crippen molar-refractivity contribution in [3.8, 4) is 5.75 Å². The minimum atomic E-state index is 0.105. The predicted molar refractivity (Wildman–Crippen MR) is 100 cm³/mol. The van der Waals surface area contributed by atoms with Crippen molar-refractivity contribution in [2.24, 2.45) is 5.92 Å². The van der Waals surface area contributed by atoms with Crippen molar-refractivity contribution >= 4 is 5.91 Å². The van der Waals surface area contributed by atoms with Crippen LogP contribution < -0.4 is 0 Å². The summed E-state index contributed by atoms with van der Waals surface area (Å²) in [5, 5.41) is 9.63. The summed E-state index contributed by atoms with van der Waals surface area (Å²) in [6.45, 7) is 6.28. The Hall–Kier alpha value is -2.31. The lowest BCUT2D eigenvalue weighted by atomic mass is 10.1. The van der Waals surface area contributed by atoms with Crippen molar-refractivity contribution < 1.29 is 19.1 Å². The summed E-state index contributed by atoms with van der Waals surface area (Å²) < 4.78 is 11.6. The zero-order chi connectivity index (χ0) is 18.8. The van der Waals surface area contributed by atoms with Gasteiger partial charge < -0.3 is 19.2 Å². The van der Waals surface area contributed by atoms with E-state index >= 15 is 0 Å². The monoisotopic (exact) mass is 370 g/mol. The zero-order valence-electron chi connectivity index (χ0n) is 15.6. The summed E-state index contributed by atoms with van der Waals surface area (Å²) in [7, 11) is 0. The Morgan fingerprint density at radius 2 is 2.07 bits per heavy atom. The van der Waals surface area contributed by atoms with Crippen LogP contribution in [0.25, 0.3) is 0 Å². The third-order valence-electron chi connectivity index (χ3n) is 5.36. The van der Waals surface area contributed by atoms with E-state index in [0.717, 1.165) is 30.2 Å². The Labute approximate surface area is 159 Å². The van der Waals surface area contributed by atoms with E-state index in [0.29, 0.717) is 38.6 Å². The first-order valence-corrected chi connectivity index (χ1v) is 9.49. The smallest absolute Gasteiger partial charge is 0.227 e. The molecule has 0 radical (unpaired) electrons. The van der Waals surface area contributed by atoms with Crippen LogP contribution >= 0.6 is 0 Å². The van der Waals surface area contributed by atoms with E-state index in [1.807, 2.05) is 30.0 Å². The Morgan fingerprint density at radius 3 is 2.85 bits per heavy atom. The van der Waals surface area contributed by atoms with Crippen LogP contribution in [-0.4, -0.2) is 59.7 Å². The maximum absolute atomic E-state index is 12.9. The van der Waals surface area contributed by atoms with Crippen LogP contribution in [0, 0.1) is 12.8 Å². The van der Waals surface area contributed by atoms with Gasteiger partial charge in [-0.2, -0.15) is 0 Å². The first kappa shape index (κ1) is 18.1. The van der Waals surface area contributed by atoms with Gasteiger partial charge in [0.1, 0.15) is 17.3 Å². The number of benzene rings is 1. The maximum atomic E-state index is 12.9. The second kappa shape index (κ2) is 7.74. The quantitative estimate of drug-likeness (QED) is 0.894. The summed E-state index contributed by atoms with van der Waals surface area (Å²) in [6.07, 6.45) is 0.312. The summed E-state index contributed by atoms with van der Waals surface area (Å²) in [4.78, 5) is 17.3. The lowest BCUT2D eigenvalue weighted by molar-refractivity contribution is -0.132. The SMILES string of the molecule is Cc1ccc(CN2C[C@H]3COC[C@@H]2CN(C(=O)Cc2cccc(O)c2)C3)o1. The molecule has 0 aliphatic carbocycles. The van der Waals surface area contributed by atoms with Gasteiger partial charge in [0.2, 0.25) is 5.91 Å². The molecule has 1 aromatic heterocycles. The van der Waals surface area contributed by atoms with E-state index in [1.165, 1.54) is 0 Å².